The monoisotopic (exact) mass is 279 g/mol. The predicted octanol–water partition coefficient (Wildman–Crippen LogP) is 5.11. The number of hydrogen-bond acceptors (Lipinski definition) is 0. The highest BCUT2D eigenvalue weighted by atomic mass is 15.0. The molecular weight excluding hydrogens is 244 g/mol. The molecule has 20 heavy (non-hydrogen) atoms. The van der Waals surface area contributed by atoms with Crippen molar-refractivity contribution < 1.29 is 4.57 Å². The average molecular weight is 279 g/mol. The number of aromatic amines is 1. The Morgan fingerprint density at radius 3 is 2.10 bits per heavy atom. The van der Waals surface area contributed by atoms with Gasteiger partial charge in [-0.1, -0.05) is 72.1 Å². The number of unbranched alkanes of at least 4 members (excludes halogenated alkanes) is 5. The van der Waals surface area contributed by atoms with Crippen LogP contribution >= 0.6 is 0 Å². The van der Waals surface area contributed by atoms with Crippen molar-refractivity contribution in [2.75, 3.05) is 0 Å². The summed E-state index contributed by atoms with van der Waals surface area (Å²) in [6.45, 7) is 8.20. The summed E-state index contributed by atoms with van der Waals surface area (Å²) in [7, 11) is 0. The summed E-state index contributed by atoms with van der Waals surface area (Å²) < 4.78 is 2.24. The highest BCUT2D eigenvalue weighted by Crippen LogP contribution is 2.15. The Morgan fingerprint density at radius 1 is 0.850 bits per heavy atom. The Hall–Kier alpha value is -0.790. The largest absolute Gasteiger partial charge is 0.250 e. The fraction of sp³-hybridized carbons (Fsp3) is 0.833. The third-order valence-electron chi connectivity index (χ3n) is 4.21. The van der Waals surface area contributed by atoms with Gasteiger partial charge in [0.05, 0.1) is 6.54 Å². The zero-order chi connectivity index (χ0) is 14.6. The molecule has 1 N–H and O–H groups in total. The van der Waals surface area contributed by atoms with Gasteiger partial charge in [-0.15, -0.1) is 0 Å². The fourth-order valence-electron chi connectivity index (χ4n) is 2.73. The van der Waals surface area contributed by atoms with Crippen LogP contribution in [0.15, 0.2) is 18.7 Å². The maximum Gasteiger partial charge on any atom is 0.241 e. The molecule has 0 spiro atoms. The van der Waals surface area contributed by atoms with Crippen molar-refractivity contribution in [1.82, 2.24) is 4.98 Å². The Labute approximate surface area is 126 Å². The molecule has 1 atom stereocenters. The molecule has 0 saturated heterocycles. The minimum Gasteiger partial charge on any atom is -0.250 e. The third-order valence-corrected chi connectivity index (χ3v) is 4.21. The molecule has 1 rings (SSSR count). The predicted molar refractivity (Wildman–Crippen MR) is 86.5 cm³/mol. The molecule has 1 aromatic heterocycles. The van der Waals surface area contributed by atoms with Gasteiger partial charge in [-0.3, -0.25) is 4.98 Å². The van der Waals surface area contributed by atoms with E-state index in [0.29, 0.717) is 0 Å². The highest BCUT2D eigenvalue weighted by molar-refractivity contribution is 4.57. The summed E-state index contributed by atoms with van der Waals surface area (Å²) in [4.78, 5) is 3.10. The first-order valence-electron chi connectivity index (χ1n) is 8.70. The van der Waals surface area contributed by atoms with Gasteiger partial charge >= 0.3 is 0 Å². The number of hydrogen-bond donors (Lipinski definition) is 1. The minimum atomic E-state index is 0.860. The first kappa shape index (κ1) is 17.3. The molecule has 2 nitrogen and oxygen atoms in total. The maximum absolute atomic E-state index is 3.10. The highest BCUT2D eigenvalue weighted by Gasteiger charge is 2.04. The number of nitrogens with one attached hydrogen (secondary N) is 1. The molecule has 0 radical (unpaired) electrons. The zero-order valence-corrected chi connectivity index (χ0v) is 13.9. The number of imidazole rings is 1. The Bertz CT molecular complexity index is 303. The van der Waals surface area contributed by atoms with Crippen molar-refractivity contribution in [3.63, 3.8) is 0 Å². The first-order chi connectivity index (χ1) is 9.68. The van der Waals surface area contributed by atoms with Crippen LogP contribution in [-0.4, -0.2) is 4.98 Å². The van der Waals surface area contributed by atoms with Crippen LogP contribution in [0, 0.1) is 11.8 Å². The van der Waals surface area contributed by atoms with E-state index >= 15 is 0 Å². The lowest BCUT2D eigenvalue weighted by Gasteiger charge is -2.09. The van der Waals surface area contributed by atoms with Gasteiger partial charge in [-0.2, -0.15) is 0 Å². The van der Waals surface area contributed by atoms with E-state index < -0.39 is 0 Å². The molecule has 0 bridgehead atoms. The summed E-state index contributed by atoms with van der Waals surface area (Å²) in [6, 6.07) is 0. The SMILES string of the molecule is CC(C)CCCCCCCCC(C)CC[n+]1cc[nH]c1. The summed E-state index contributed by atoms with van der Waals surface area (Å²) in [5.41, 5.74) is 0. The maximum atomic E-state index is 3.10. The lowest BCUT2D eigenvalue weighted by Crippen LogP contribution is -2.31. The molecule has 0 amide bonds. The van der Waals surface area contributed by atoms with E-state index in [0.717, 1.165) is 18.4 Å². The molecule has 1 unspecified atom stereocenters. The number of H-pyrrole nitrogens is 1. The molecule has 2 heteroatoms. The van der Waals surface area contributed by atoms with Crippen LogP contribution < -0.4 is 4.57 Å². The molecule has 1 heterocycles. The Balaban J connectivity index is 1.85. The molecule has 0 aliphatic rings. The molecule has 0 aliphatic carbocycles. The van der Waals surface area contributed by atoms with Crippen LogP contribution in [-0.2, 0) is 6.54 Å². The third kappa shape index (κ3) is 9.17. The van der Waals surface area contributed by atoms with Crippen LogP contribution in [0.25, 0.3) is 0 Å². The number of rotatable bonds is 12. The van der Waals surface area contributed by atoms with Crippen LogP contribution in [0.4, 0.5) is 0 Å². The van der Waals surface area contributed by atoms with Gasteiger partial charge in [-0.25, -0.2) is 4.57 Å². The Kier molecular flexibility index (Phi) is 9.44. The van der Waals surface area contributed by atoms with E-state index in [9.17, 15) is 0 Å². The van der Waals surface area contributed by atoms with Crippen molar-refractivity contribution in [2.24, 2.45) is 11.8 Å². The van der Waals surface area contributed by atoms with E-state index in [1.54, 1.807) is 0 Å². The fourth-order valence-corrected chi connectivity index (χ4v) is 2.73. The summed E-state index contributed by atoms with van der Waals surface area (Å²) in [5, 5.41) is 0. The molecule has 116 valence electrons. The lowest BCUT2D eigenvalue weighted by atomic mass is 9.98. The van der Waals surface area contributed by atoms with E-state index in [1.807, 2.05) is 12.5 Å². The second kappa shape index (κ2) is 10.9. The minimum absolute atomic E-state index is 0.860. The normalized spacial score (nSPS) is 13.0. The average Bonchev–Trinajstić information content (AvgIpc) is 2.92. The van der Waals surface area contributed by atoms with Crippen molar-refractivity contribution in [3.8, 4) is 0 Å². The molecule has 1 aromatic rings. The van der Waals surface area contributed by atoms with E-state index in [4.69, 9.17) is 0 Å². The molecular formula is C18H35N2+. The zero-order valence-electron chi connectivity index (χ0n) is 13.9. The Morgan fingerprint density at radius 2 is 1.50 bits per heavy atom. The van der Waals surface area contributed by atoms with E-state index in [2.05, 4.69) is 36.5 Å². The van der Waals surface area contributed by atoms with Crippen LogP contribution in [0.2, 0.25) is 0 Å². The first-order valence-corrected chi connectivity index (χ1v) is 8.70. The number of aromatic nitrogens is 2. The van der Waals surface area contributed by atoms with Gasteiger partial charge < -0.3 is 0 Å². The van der Waals surface area contributed by atoms with E-state index in [1.165, 1.54) is 57.8 Å². The van der Waals surface area contributed by atoms with Crippen molar-refractivity contribution >= 4 is 0 Å². The number of nitrogens with zero attached hydrogens (tertiary/aromatic N) is 1. The smallest absolute Gasteiger partial charge is 0.241 e. The summed E-state index contributed by atoms with van der Waals surface area (Å²) in [6.07, 6.45) is 18.9. The topological polar surface area (TPSA) is 19.7 Å². The van der Waals surface area contributed by atoms with E-state index in [-0.39, 0.29) is 0 Å². The van der Waals surface area contributed by atoms with Crippen molar-refractivity contribution in [2.45, 2.75) is 85.1 Å². The van der Waals surface area contributed by atoms with Crippen molar-refractivity contribution in [3.05, 3.63) is 18.7 Å². The standard InChI is InChI=1S/C18H34N2/c1-17(2)10-8-6-4-5-7-9-11-18(3)12-14-20-15-13-19-16-20/h13,15-18H,4-12,14H2,1-3H3/p+1. The number of aryl methyl sites for hydroxylation is 1. The summed E-state index contributed by atoms with van der Waals surface area (Å²) in [5.74, 6) is 1.74. The molecule has 0 aliphatic heterocycles. The van der Waals surface area contributed by atoms with Crippen LogP contribution in [0.5, 0.6) is 0 Å². The second-order valence-corrected chi connectivity index (χ2v) is 6.84. The van der Waals surface area contributed by atoms with Crippen molar-refractivity contribution in [1.29, 1.82) is 0 Å². The molecule has 0 aromatic carbocycles. The van der Waals surface area contributed by atoms with Gasteiger partial charge in [0.2, 0.25) is 6.33 Å². The molecule has 0 saturated carbocycles. The van der Waals surface area contributed by atoms with Gasteiger partial charge in [0.15, 0.2) is 0 Å². The van der Waals surface area contributed by atoms with Gasteiger partial charge in [0, 0.05) is 0 Å². The molecule has 0 fully saturated rings. The van der Waals surface area contributed by atoms with Crippen LogP contribution in [0.1, 0.15) is 78.6 Å². The second-order valence-electron chi connectivity index (χ2n) is 6.84. The van der Waals surface area contributed by atoms with Gasteiger partial charge in [-0.05, 0) is 18.3 Å². The van der Waals surface area contributed by atoms with Crippen LogP contribution in [0.3, 0.4) is 0 Å². The quantitative estimate of drug-likeness (QED) is 0.405. The summed E-state index contributed by atoms with van der Waals surface area (Å²) >= 11 is 0. The lowest BCUT2D eigenvalue weighted by molar-refractivity contribution is -0.696. The van der Waals surface area contributed by atoms with Gasteiger partial charge in [0.1, 0.15) is 12.4 Å². The van der Waals surface area contributed by atoms with Gasteiger partial charge in [0.25, 0.3) is 0 Å².